The van der Waals surface area contributed by atoms with Crippen molar-refractivity contribution in [2.45, 2.75) is 12.6 Å². The first-order chi connectivity index (χ1) is 9.46. The van der Waals surface area contributed by atoms with E-state index in [9.17, 15) is 13.2 Å². The number of methoxy groups -OCH3 is 2. The fourth-order valence-electron chi connectivity index (χ4n) is 1.54. The van der Waals surface area contributed by atoms with Crippen LogP contribution in [0.25, 0.3) is 0 Å². The lowest BCUT2D eigenvalue weighted by Gasteiger charge is -2.11. The van der Waals surface area contributed by atoms with E-state index < -0.39 is 12.8 Å². The Morgan fingerprint density at radius 2 is 1.80 bits per heavy atom. The maximum atomic E-state index is 11.8. The van der Waals surface area contributed by atoms with Gasteiger partial charge in [0.1, 0.15) is 6.61 Å². The molecule has 0 heterocycles. The molecule has 0 amide bonds. The second kappa shape index (κ2) is 7.84. The van der Waals surface area contributed by atoms with Crippen LogP contribution in [0.3, 0.4) is 0 Å². The van der Waals surface area contributed by atoms with Crippen molar-refractivity contribution in [2.24, 2.45) is 0 Å². The van der Waals surface area contributed by atoms with Crippen LogP contribution in [0.15, 0.2) is 18.2 Å². The minimum atomic E-state index is -4.27. The third-order valence-corrected chi connectivity index (χ3v) is 2.44. The van der Waals surface area contributed by atoms with Crippen LogP contribution >= 0.6 is 0 Å². The zero-order valence-electron chi connectivity index (χ0n) is 11.4. The maximum absolute atomic E-state index is 11.8. The first-order valence-electron chi connectivity index (χ1n) is 6.06. The molecule has 0 saturated heterocycles. The van der Waals surface area contributed by atoms with Gasteiger partial charge < -0.3 is 19.5 Å². The van der Waals surface area contributed by atoms with Crippen LogP contribution in [0.1, 0.15) is 6.42 Å². The summed E-state index contributed by atoms with van der Waals surface area (Å²) in [5, 5.41) is 3.07. The van der Waals surface area contributed by atoms with Gasteiger partial charge in [0.25, 0.3) is 0 Å². The average Bonchev–Trinajstić information content (AvgIpc) is 2.41. The minimum Gasteiger partial charge on any atom is -0.493 e. The summed E-state index contributed by atoms with van der Waals surface area (Å²) in [7, 11) is 3.08. The van der Waals surface area contributed by atoms with E-state index in [0.717, 1.165) is 5.69 Å². The maximum Gasteiger partial charge on any atom is 0.411 e. The smallest absolute Gasteiger partial charge is 0.411 e. The molecule has 0 aromatic heterocycles. The molecule has 0 fully saturated rings. The first kappa shape index (κ1) is 16.4. The van der Waals surface area contributed by atoms with E-state index >= 15 is 0 Å². The van der Waals surface area contributed by atoms with Crippen LogP contribution in [0, 0.1) is 0 Å². The highest BCUT2D eigenvalue weighted by atomic mass is 19.4. The Balaban J connectivity index is 2.28. The normalized spacial score (nSPS) is 11.2. The Kier molecular flexibility index (Phi) is 6.44. The minimum absolute atomic E-state index is 0.0554. The van der Waals surface area contributed by atoms with E-state index in [2.05, 4.69) is 10.1 Å². The molecule has 0 unspecified atom stereocenters. The van der Waals surface area contributed by atoms with Gasteiger partial charge in [-0.05, 0) is 18.6 Å². The highest BCUT2D eigenvalue weighted by Crippen LogP contribution is 2.29. The Labute approximate surface area is 115 Å². The SMILES string of the molecule is COc1ccc(NCCCOCC(F)(F)F)cc1OC. The van der Waals surface area contributed by atoms with Crippen molar-refractivity contribution in [2.75, 3.05) is 39.3 Å². The van der Waals surface area contributed by atoms with Gasteiger partial charge in [-0.3, -0.25) is 0 Å². The molecule has 0 atom stereocenters. The van der Waals surface area contributed by atoms with Gasteiger partial charge in [0.2, 0.25) is 0 Å². The standard InChI is InChI=1S/C13H18F3NO3/c1-18-11-5-4-10(8-12(11)19-2)17-6-3-7-20-9-13(14,15)16/h4-5,8,17H,3,6-7,9H2,1-2H3. The van der Waals surface area contributed by atoms with E-state index in [-0.39, 0.29) is 6.61 Å². The molecule has 0 bridgehead atoms. The summed E-state index contributed by atoms with van der Waals surface area (Å²) in [6, 6.07) is 5.31. The number of anilines is 1. The molecule has 0 aliphatic rings. The molecule has 114 valence electrons. The van der Waals surface area contributed by atoms with Gasteiger partial charge in [-0.25, -0.2) is 0 Å². The summed E-state index contributed by atoms with van der Waals surface area (Å²) in [5.74, 6) is 1.21. The summed E-state index contributed by atoms with van der Waals surface area (Å²) in [6.45, 7) is -0.642. The number of rotatable bonds is 8. The predicted octanol–water partition coefficient (Wildman–Crippen LogP) is 3.08. The van der Waals surface area contributed by atoms with Crippen LogP contribution in [0.4, 0.5) is 18.9 Å². The Hall–Kier alpha value is -1.63. The highest BCUT2D eigenvalue weighted by Gasteiger charge is 2.27. The first-order valence-corrected chi connectivity index (χ1v) is 6.06. The number of hydrogen-bond acceptors (Lipinski definition) is 4. The quantitative estimate of drug-likeness (QED) is 0.748. The molecule has 0 spiro atoms. The molecule has 0 aliphatic carbocycles. The van der Waals surface area contributed by atoms with Crippen molar-refractivity contribution in [3.63, 3.8) is 0 Å². The van der Waals surface area contributed by atoms with Crippen molar-refractivity contribution in [3.05, 3.63) is 18.2 Å². The van der Waals surface area contributed by atoms with Gasteiger partial charge in [-0.2, -0.15) is 13.2 Å². The number of ether oxygens (including phenoxy) is 3. The van der Waals surface area contributed by atoms with Crippen molar-refractivity contribution in [1.82, 2.24) is 0 Å². The fourth-order valence-corrected chi connectivity index (χ4v) is 1.54. The van der Waals surface area contributed by atoms with Gasteiger partial charge >= 0.3 is 6.18 Å². The number of alkyl halides is 3. The molecule has 0 aliphatic heterocycles. The van der Waals surface area contributed by atoms with E-state index in [4.69, 9.17) is 9.47 Å². The van der Waals surface area contributed by atoms with Crippen molar-refractivity contribution >= 4 is 5.69 Å². The topological polar surface area (TPSA) is 39.7 Å². The molecule has 7 heteroatoms. The lowest BCUT2D eigenvalue weighted by atomic mass is 10.2. The molecule has 4 nitrogen and oxygen atoms in total. The Morgan fingerprint density at radius 1 is 1.10 bits per heavy atom. The molecule has 0 radical (unpaired) electrons. The largest absolute Gasteiger partial charge is 0.493 e. The van der Waals surface area contributed by atoms with Crippen LogP contribution < -0.4 is 14.8 Å². The second-order valence-corrected chi connectivity index (χ2v) is 4.02. The van der Waals surface area contributed by atoms with Crippen LogP contribution in [-0.4, -0.2) is 40.2 Å². The summed E-state index contributed by atoms with van der Waals surface area (Å²) >= 11 is 0. The molecule has 1 aromatic rings. The predicted molar refractivity (Wildman–Crippen MR) is 69.5 cm³/mol. The Bertz CT molecular complexity index is 410. The van der Waals surface area contributed by atoms with Gasteiger partial charge in [-0.1, -0.05) is 0 Å². The molecule has 1 N–H and O–H groups in total. The zero-order chi connectivity index (χ0) is 15.0. The monoisotopic (exact) mass is 293 g/mol. The van der Waals surface area contributed by atoms with E-state index in [1.807, 2.05) is 0 Å². The second-order valence-electron chi connectivity index (χ2n) is 4.02. The van der Waals surface area contributed by atoms with Gasteiger partial charge in [0, 0.05) is 24.9 Å². The molecule has 1 rings (SSSR count). The van der Waals surface area contributed by atoms with E-state index in [1.54, 1.807) is 25.3 Å². The molecule has 20 heavy (non-hydrogen) atoms. The van der Waals surface area contributed by atoms with E-state index in [0.29, 0.717) is 24.5 Å². The van der Waals surface area contributed by atoms with Crippen molar-refractivity contribution in [1.29, 1.82) is 0 Å². The molecular formula is C13H18F3NO3. The lowest BCUT2D eigenvalue weighted by molar-refractivity contribution is -0.173. The summed E-state index contributed by atoms with van der Waals surface area (Å²) in [5.41, 5.74) is 0.804. The molecule has 1 aromatic carbocycles. The van der Waals surface area contributed by atoms with Crippen LogP contribution in [0.2, 0.25) is 0 Å². The lowest BCUT2D eigenvalue weighted by Crippen LogP contribution is -2.18. The summed E-state index contributed by atoms with van der Waals surface area (Å²) < 4.78 is 50.2. The Morgan fingerprint density at radius 3 is 2.40 bits per heavy atom. The number of nitrogens with one attached hydrogen (secondary N) is 1. The number of benzene rings is 1. The third-order valence-electron chi connectivity index (χ3n) is 2.44. The van der Waals surface area contributed by atoms with E-state index in [1.165, 1.54) is 7.11 Å². The molecular weight excluding hydrogens is 275 g/mol. The van der Waals surface area contributed by atoms with Crippen LogP contribution in [-0.2, 0) is 4.74 Å². The summed E-state index contributed by atoms with van der Waals surface area (Å²) in [6.07, 6.45) is -3.79. The van der Waals surface area contributed by atoms with Crippen LogP contribution in [0.5, 0.6) is 11.5 Å². The number of halogens is 3. The average molecular weight is 293 g/mol. The van der Waals surface area contributed by atoms with Crippen molar-refractivity contribution < 1.29 is 27.4 Å². The zero-order valence-corrected chi connectivity index (χ0v) is 11.4. The van der Waals surface area contributed by atoms with Gasteiger partial charge in [-0.15, -0.1) is 0 Å². The van der Waals surface area contributed by atoms with Gasteiger partial charge in [0.05, 0.1) is 14.2 Å². The third kappa shape index (κ3) is 6.01. The van der Waals surface area contributed by atoms with Gasteiger partial charge in [0.15, 0.2) is 11.5 Å². The number of hydrogen-bond donors (Lipinski definition) is 1. The van der Waals surface area contributed by atoms with Crippen molar-refractivity contribution in [3.8, 4) is 11.5 Å². The highest BCUT2D eigenvalue weighted by molar-refractivity contribution is 5.54. The molecule has 0 saturated carbocycles. The fraction of sp³-hybridized carbons (Fsp3) is 0.538. The summed E-state index contributed by atoms with van der Waals surface area (Å²) in [4.78, 5) is 0.